The summed E-state index contributed by atoms with van der Waals surface area (Å²) in [5.41, 5.74) is 0. The van der Waals surface area contributed by atoms with Gasteiger partial charge in [0.2, 0.25) is 0 Å². The zero-order valence-corrected chi connectivity index (χ0v) is 8.71. The Morgan fingerprint density at radius 2 is 1.69 bits per heavy atom. The van der Waals surface area contributed by atoms with Crippen LogP contribution in [0.25, 0.3) is 0 Å². The van der Waals surface area contributed by atoms with Crippen molar-refractivity contribution in [2.75, 3.05) is 20.8 Å². The molecule has 0 aliphatic heterocycles. The van der Waals surface area contributed by atoms with E-state index in [4.69, 9.17) is 4.74 Å². The fourth-order valence-electron chi connectivity index (χ4n) is 0.931. The molecule has 80 valence electrons. The number of aliphatic hydroxyl groups is 1. The first-order valence-electron chi connectivity index (χ1n) is 4.65. The molecule has 0 aliphatic carbocycles. The lowest BCUT2D eigenvalue weighted by Gasteiger charge is -2.23. The summed E-state index contributed by atoms with van der Waals surface area (Å²) in [6, 6.07) is 0. The number of hydrogen-bond donors (Lipinski definition) is 1. The summed E-state index contributed by atoms with van der Waals surface area (Å²) in [4.78, 5) is 0. The standard InChI is InChI=1S/C9H20O4/c1-4-5-6-7-8-13-9(10,11-2)12-3/h10H,4-8H2,1-3H3. The molecule has 4 nitrogen and oxygen atoms in total. The predicted molar refractivity (Wildman–Crippen MR) is 49.1 cm³/mol. The molecule has 0 aromatic carbocycles. The van der Waals surface area contributed by atoms with Crippen molar-refractivity contribution in [2.45, 2.75) is 38.8 Å². The van der Waals surface area contributed by atoms with Gasteiger partial charge in [-0.3, -0.25) is 0 Å². The van der Waals surface area contributed by atoms with Crippen molar-refractivity contribution in [3.8, 4) is 0 Å². The van der Waals surface area contributed by atoms with E-state index in [2.05, 4.69) is 16.4 Å². The molecule has 13 heavy (non-hydrogen) atoms. The van der Waals surface area contributed by atoms with Gasteiger partial charge in [0.05, 0.1) is 6.61 Å². The summed E-state index contributed by atoms with van der Waals surface area (Å²) in [7, 11) is 2.66. The van der Waals surface area contributed by atoms with Gasteiger partial charge in [0.1, 0.15) is 0 Å². The minimum atomic E-state index is -1.87. The van der Waals surface area contributed by atoms with Crippen LogP contribution in [0.4, 0.5) is 0 Å². The summed E-state index contributed by atoms with van der Waals surface area (Å²) in [5, 5.41) is 9.32. The van der Waals surface area contributed by atoms with E-state index in [1.165, 1.54) is 27.1 Å². The number of ether oxygens (including phenoxy) is 3. The molecule has 0 amide bonds. The largest absolute Gasteiger partial charge is 0.409 e. The van der Waals surface area contributed by atoms with E-state index >= 15 is 0 Å². The molecule has 0 bridgehead atoms. The van der Waals surface area contributed by atoms with Crippen LogP contribution in [0, 0.1) is 0 Å². The first-order valence-corrected chi connectivity index (χ1v) is 4.65. The van der Waals surface area contributed by atoms with Gasteiger partial charge in [0, 0.05) is 14.2 Å². The fraction of sp³-hybridized carbons (Fsp3) is 1.00. The molecular weight excluding hydrogens is 172 g/mol. The SMILES string of the molecule is CCCCCCOC(O)(OC)OC. The lowest BCUT2D eigenvalue weighted by Crippen LogP contribution is -2.36. The van der Waals surface area contributed by atoms with Crippen LogP contribution >= 0.6 is 0 Å². The first kappa shape index (κ1) is 12.8. The van der Waals surface area contributed by atoms with Gasteiger partial charge in [-0.05, 0) is 6.42 Å². The molecule has 0 saturated heterocycles. The van der Waals surface area contributed by atoms with Crippen LogP contribution in [-0.4, -0.2) is 32.1 Å². The Kier molecular flexibility index (Phi) is 7.17. The van der Waals surface area contributed by atoms with Gasteiger partial charge in [-0.15, -0.1) is 0 Å². The molecule has 0 heterocycles. The average Bonchev–Trinajstić information content (AvgIpc) is 2.17. The fourth-order valence-corrected chi connectivity index (χ4v) is 0.931. The van der Waals surface area contributed by atoms with Gasteiger partial charge in [-0.2, -0.15) is 0 Å². The summed E-state index contributed by atoms with van der Waals surface area (Å²) in [6.07, 6.45) is 2.50. The van der Waals surface area contributed by atoms with E-state index in [0.29, 0.717) is 6.61 Å². The zero-order valence-electron chi connectivity index (χ0n) is 8.71. The maximum absolute atomic E-state index is 9.32. The number of hydrogen-bond acceptors (Lipinski definition) is 4. The van der Waals surface area contributed by atoms with E-state index in [-0.39, 0.29) is 0 Å². The maximum atomic E-state index is 9.32. The Labute approximate surface area is 79.8 Å². The number of methoxy groups -OCH3 is 2. The van der Waals surface area contributed by atoms with Crippen molar-refractivity contribution in [2.24, 2.45) is 0 Å². The average molecular weight is 192 g/mol. The molecule has 0 saturated carbocycles. The molecule has 0 spiro atoms. The minimum Gasteiger partial charge on any atom is -0.319 e. The van der Waals surface area contributed by atoms with E-state index in [0.717, 1.165) is 12.8 Å². The minimum absolute atomic E-state index is 0.443. The van der Waals surface area contributed by atoms with Crippen LogP contribution in [0.2, 0.25) is 0 Å². The summed E-state index contributed by atoms with van der Waals surface area (Å²) < 4.78 is 14.2. The topological polar surface area (TPSA) is 47.9 Å². The first-order chi connectivity index (χ1) is 6.18. The summed E-state index contributed by atoms with van der Waals surface area (Å²) in [6.45, 7) is 2.58. The lowest BCUT2D eigenvalue weighted by molar-refractivity contribution is -0.471. The molecule has 1 N–H and O–H groups in total. The Bertz CT molecular complexity index is 112. The molecule has 4 heteroatoms. The van der Waals surface area contributed by atoms with Crippen LogP contribution in [0.3, 0.4) is 0 Å². The maximum Gasteiger partial charge on any atom is 0.409 e. The van der Waals surface area contributed by atoms with Crippen molar-refractivity contribution in [3.63, 3.8) is 0 Å². The van der Waals surface area contributed by atoms with Crippen LogP contribution in [0.5, 0.6) is 0 Å². The van der Waals surface area contributed by atoms with Crippen molar-refractivity contribution in [3.05, 3.63) is 0 Å². The van der Waals surface area contributed by atoms with Crippen molar-refractivity contribution in [1.82, 2.24) is 0 Å². The quantitative estimate of drug-likeness (QED) is 0.467. The lowest BCUT2D eigenvalue weighted by atomic mass is 10.2. The molecular formula is C9H20O4. The van der Waals surface area contributed by atoms with Crippen LogP contribution in [-0.2, 0) is 14.2 Å². The second-order valence-corrected chi connectivity index (χ2v) is 2.84. The van der Waals surface area contributed by atoms with E-state index in [1.54, 1.807) is 0 Å². The van der Waals surface area contributed by atoms with E-state index < -0.39 is 6.16 Å². The number of rotatable bonds is 8. The molecule has 0 atom stereocenters. The highest BCUT2D eigenvalue weighted by Gasteiger charge is 2.26. The third kappa shape index (κ3) is 5.99. The smallest absolute Gasteiger partial charge is 0.319 e. The Morgan fingerprint density at radius 3 is 2.15 bits per heavy atom. The van der Waals surface area contributed by atoms with Gasteiger partial charge in [0.15, 0.2) is 0 Å². The van der Waals surface area contributed by atoms with Crippen molar-refractivity contribution >= 4 is 0 Å². The zero-order chi connectivity index (χ0) is 10.2. The van der Waals surface area contributed by atoms with Gasteiger partial charge in [0.25, 0.3) is 0 Å². The second kappa shape index (κ2) is 7.26. The van der Waals surface area contributed by atoms with Gasteiger partial charge < -0.3 is 19.3 Å². The normalized spacial score (nSPS) is 12.0. The molecule has 0 aliphatic rings. The Balaban J connectivity index is 3.39. The van der Waals surface area contributed by atoms with Crippen molar-refractivity contribution in [1.29, 1.82) is 0 Å². The third-order valence-electron chi connectivity index (χ3n) is 1.80. The van der Waals surface area contributed by atoms with Gasteiger partial charge in [-0.1, -0.05) is 26.2 Å². The van der Waals surface area contributed by atoms with Crippen LogP contribution in [0.15, 0.2) is 0 Å². The van der Waals surface area contributed by atoms with Gasteiger partial charge >= 0.3 is 6.16 Å². The Morgan fingerprint density at radius 1 is 1.08 bits per heavy atom. The summed E-state index contributed by atoms with van der Waals surface area (Å²) in [5.74, 6) is 0. The van der Waals surface area contributed by atoms with E-state index in [9.17, 15) is 5.11 Å². The molecule has 0 rings (SSSR count). The van der Waals surface area contributed by atoms with E-state index in [1.807, 2.05) is 0 Å². The molecule has 0 aromatic heterocycles. The highest BCUT2D eigenvalue weighted by atomic mass is 17.0. The molecule has 0 fully saturated rings. The highest BCUT2D eigenvalue weighted by Crippen LogP contribution is 2.09. The third-order valence-corrected chi connectivity index (χ3v) is 1.80. The number of unbranched alkanes of at least 4 members (excludes halogenated alkanes) is 3. The monoisotopic (exact) mass is 192 g/mol. The second-order valence-electron chi connectivity index (χ2n) is 2.84. The van der Waals surface area contributed by atoms with Gasteiger partial charge in [-0.25, -0.2) is 0 Å². The van der Waals surface area contributed by atoms with Crippen molar-refractivity contribution < 1.29 is 19.3 Å². The Hall–Kier alpha value is -0.160. The van der Waals surface area contributed by atoms with Crippen LogP contribution < -0.4 is 0 Å². The molecule has 0 radical (unpaired) electrons. The molecule has 0 unspecified atom stereocenters. The van der Waals surface area contributed by atoms with Crippen LogP contribution in [0.1, 0.15) is 32.6 Å². The highest BCUT2D eigenvalue weighted by molar-refractivity contribution is 4.40. The molecule has 0 aromatic rings. The predicted octanol–water partition coefficient (Wildman–Crippen LogP) is 1.48. The summed E-state index contributed by atoms with van der Waals surface area (Å²) >= 11 is 0.